The van der Waals surface area contributed by atoms with E-state index in [-0.39, 0.29) is 5.54 Å². The molecule has 1 heterocycles. The fourth-order valence-electron chi connectivity index (χ4n) is 4.19. The average Bonchev–Trinajstić information content (AvgIpc) is 3.16. The van der Waals surface area contributed by atoms with Crippen molar-refractivity contribution < 1.29 is 0 Å². The molecular weight excluding hydrogens is 393 g/mol. The Labute approximate surface area is 175 Å². The van der Waals surface area contributed by atoms with Crippen molar-refractivity contribution in [2.24, 2.45) is 0 Å². The lowest BCUT2D eigenvalue weighted by molar-refractivity contribution is 0.309. The topological polar surface area (TPSA) is 55.6 Å². The summed E-state index contributed by atoms with van der Waals surface area (Å²) in [5.41, 5.74) is 3.91. The Hall–Kier alpha value is -2.11. The highest BCUT2D eigenvalue weighted by molar-refractivity contribution is 6.42. The molecule has 1 aliphatic carbocycles. The van der Waals surface area contributed by atoms with Crippen molar-refractivity contribution in [3.8, 4) is 5.69 Å². The summed E-state index contributed by atoms with van der Waals surface area (Å²) in [4.78, 5) is 0. The zero-order valence-electron chi connectivity index (χ0n) is 16.0. The molecule has 1 fully saturated rings. The summed E-state index contributed by atoms with van der Waals surface area (Å²) in [6, 6.07) is 11.9. The van der Waals surface area contributed by atoms with Crippen molar-refractivity contribution in [3.63, 3.8) is 0 Å². The van der Waals surface area contributed by atoms with E-state index < -0.39 is 0 Å². The zero-order valence-corrected chi connectivity index (χ0v) is 17.6. The summed E-state index contributed by atoms with van der Waals surface area (Å²) in [5.74, 6) is 0.843. The van der Waals surface area contributed by atoms with E-state index in [4.69, 9.17) is 23.2 Å². The predicted octanol–water partition coefficient (Wildman–Crippen LogP) is 5.86. The molecule has 7 heteroatoms. The molecular formula is C21H23Cl2N5. The van der Waals surface area contributed by atoms with Crippen LogP contribution in [0.5, 0.6) is 0 Å². The molecule has 4 rings (SSSR count). The van der Waals surface area contributed by atoms with Crippen molar-refractivity contribution in [2.45, 2.75) is 51.5 Å². The summed E-state index contributed by atoms with van der Waals surface area (Å²) in [7, 11) is 0. The van der Waals surface area contributed by atoms with Crippen LogP contribution < -0.4 is 5.32 Å². The minimum absolute atomic E-state index is 0.354. The van der Waals surface area contributed by atoms with Gasteiger partial charge in [-0.25, -0.2) is 0 Å². The predicted molar refractivity (Wildman–Crippen MR) is 113 cm³/mol. The number of halogens is 2. The van der Waals surface area contributed by atoms with Crippen LogP contribution in [0.3, 0.4) is 0 Å². The van der Waals surface area contributed by atoms with Gasteiger partial charge in [-0.3, -0.25) is 0 Å². The van der Waals surface area contributed by atoms with E-state index in [1.54, 1.807) is 0 Å². The van der Waals surface area contributed by atoms with Gasteiger partial charge in [-0.05, 0) is 66.4 Å². The van der Waals surface area contributed by atoms with Gasteiger partial charge < -0.3 is 5.32 Å². The Morgan fingerprint density at radius 1 is 0.964 bits per heavy atom. The smallest absolute Gasteiger partial charge is 0.181 e. The standard InChI is InChI=1S/C21H23Cl2N5/c1-14-7-6-8-15(2)19(14)28-20(25-26-27-28)21(11-4-3-5-12-21)24-16-9-10-17(22)18(23)13-16/h6-10,13,24H,3-5,11-12H2,1-2H3. The highest BCUT2D eigenvalue weighted by atomic mass is 35.5. The number of hydrogen-bond acceptors (Lipinski definition) is 4. The van der Waals surface area contributed by atoms with Crippen LogP contribution in [0, 0.1) is 13.8 Å². The van der Waals surface area contributed by atoms with Gasteiger partial charge >= 0.3 is 0 Å². The molecule has 0 aliphatic heterocycles. The fourth-order valence-corrected chi connectivity index (χ4v) is 4.48. The summed E-state index contributed by atoms with van der Waals surface area (Å²) in [5, 5.41) is 17.7. The third-order valence-electron chi connectivity index (χ3n) is 5.56. The number of aryl methyl sites for hydroxylation is 2. The normalized spacial score (nSPS) is 16.1. The highest BCUT2D eigenvalue weighted by Crippen LogP contribution is 2.40. The Morgan fingerprint density at radius 2 is 1.68 bits per heavy atom. The largest absolute Gasteiger partial charge is 0.373 e. The van der Waals surface area contributed by atoms with Crippen molar-refractivity contribution in [3.05, 3.63) is 63.4 Å². The molecule has 1 saturated carbocycles. The SMILES string of the molecule is Cc1cccc(C)c1-n1nnnc1C1(Nc2ccc(Cl)c(Cl)c2)CCCCC1. The third-order valence-corrected chi connectivity index (χ3v) is 6.30. The van der Waals surface area contributed by atoms with Crippen molar-refractivity contribution in [1.82, 2.24) is 20.2 Å². The number of benzene rings is 2. The van der Waals surface area contributed by atoms with Crippen LogP contribution in [-0.4, -0.2) is 20.2 Å². The molecule has 1 aliphatic rings. The number of nitrogens with zero attached hydrogens (tertiary/aromatic N) is 4. The molecule has 0 radical (unpaired) electrons. The van der Waals surface area contributed by atoms with Crippen LogP contribution in [0.1, 0.15) is 49.1 Å². The second-order valence-electron chi connectivity index (χ2n) is 7.55. The lowest BCUT2D eigenvalue weighted by atomic mass is 9.80. The summed E-state index contributed by atoms with van der Waals surface area (Å²) in [6.07, 6.45) is 5.37. The van der Waals surface area contributed by atoms with Crippen LogP contribution in [0.25, 0.3) is 5.69 Å². The van der Waals surface area contributed by atoms with Crippen LogP contribution >= 0.6 is 23.2 Å². The molecule has 0 amide bonds. The van der Waals surface area contributed by atoms with Crippen molar-refractivity contribution in [2.75, 3.05) is 5.32 Å². The van der Waals surface area contributed by atoms with Gasteiger partial charge in [0.1, 0.15) is 0 Å². The number of para-hydroxylation sites is 1. The molecule has 5 nitrogen and oxygen atoms in total. The maximum atomic E-state index is 6.25. The molecule has 1 N–H and O–H groups in total. The van der Waals surface area contributed by atoms with Gasteiger partial charge in [0.25, 0.3) is 0 Å². The number of aromatic nitrogens is 4. The van der Waals surface area contributed by atoms with Gasteiger partial charge in [0.2, 0.25) is 0 Å². The molecule has 0 spiro atoms. The molecule has 0 bridgehead atoms. The second-order valence-corrected chi connectivity index (χ2v) is 8.37. The molecule has 2 aromatic carbocycles. The zero-order chi connectivity index (χ0) is 19.7. The maximum absolute atomic E-state index is 6.25. The van der Waals surface area contributed by atoms with Gasteiger partial charge in [0.15, 0.2) is 5.82 Å². The Bertz CT molecular complexity index is 972. The van der Waals surface area contributed by atoms with Crippen LogP contribution in [0.15, 0.2) is 36.4 Å². The second kappa shape index (κ2) is 7.72. The van der Waals surface area contributed by atoms with Gasteiger partial charge in [0.05, 0.1) is 21.3 Å². The average molecular weight is 416 g/mol. The van der Waals surface area contributed by atoms with Gasteiger partial charge in [0, 0.05) is 5.69 Å². The maximum Gasteiger partial charge on any atom is 0.181 e. The molecule has 3 aromatic rings. The monoisotopic (exact) mass is 415 g/mol. The quantitative estimate of drug-likeness (QED) is 0.579. The minimum atomic E-state index is -0.354. The van der Waals surface area contributed by atoms with Gasteiger partial charge in [-0.15, -0.1) is 5.10 Å². The number of hydrogen-bond donors (Lipinski definition) is 1. The van der Waals surface area contributed by atoms with Crippen LogP contribution in [-0.2, 0) is 5.54 Å². The number of tetrazole rings is 1. The number of nitrogens with one attached hydrogen (secondary N) is 1. The minimum Gasteiger partial charge on any atom is -0.373 e. The molecule has 146 valence electrons. The number of anilines is 1. The molecule has 0 atom stereocenters. The van der Waals surface area contributed by atoms with E-state index >= 15 is 0 Å². The third kappa shape index (κ3) is 3.49. The van der Waals surface area contributed by atoms with Crippen molar-refractivity contribution >= 4 is 28.9 Å². The van der Waals surface area contributed by atoms with E-state index in [2.05, 4.69) is 52.9 Å². The van der Waals surface area contributed by atoms with Gasteiger partial charge in [-0.2, -0.15) is 4.68 Å². The first-order valence-electron chi connectivity index (χ1n) is 9.59. The lowest BCUT2D eigenvalue weighted by Crippen LogP contribution is -2.40. The molecule has 0 saturated heterocycles. The summed E-state index contributed by atoms with van der Waals surface area (Å²) >= 11 is 12.4. The van der Waals surface area contributed by atoms with Crippen LogP contribution in [0.4, 0.5) is 5.69 Å². The first-order chi connectivity index (χ1) is 13.5. The van der Waals surface area contributed by atoms with E-state index in [0.29, 0.717) is 10.0 Å². The molecule has 0 unspecified atom stereocenters. The molecule has 1 aromatic heterocycles. The van der Waals surface area contributed by atoms with Gasteiger partial charge in [-0.1, -0.05) is 60.7 Å². The van der Waals surface area contributed by atoms with E-state index in [0.717, 1.165) is 54.0 Å². The first-order valence-corrected chi connectivity index (χ1v) is 10.3. The fraction of sp³-hybridized carbons (Fsp3) is 0.381. The van der Waals surface area contributed by atoms with E-state index in [1.807, 2.05) is 22.9 Å². The highest BCUT2D eigenvalue weighted by Gasteiger charge is 2.39. The lowest BCUT2D eigenvalue weighted by Gasteiger charge is -2.38. The van der Waals surface area contributed by atoms with Crippen molar-refractivity contribution in [1.29, 1.82) is 0 Å². The van der Waals surface area contributed by atoms with E-state index in [1.165, 1.54) is 6.42 Å². The Kier molecular flexibility index (Phi) is 5.30. The summed E-state index contributed by atoms with van der Waals surface area (Å²) in [6.45, 7) is 4.18. The first kappa shape index (κ1) is 19.2. The van der Waals surface area contributed by atoms with Crippen LogP contribution in [0.2, 0.25) is 10.0 Å². The molecule has 28 heavy (non-hydrogen) atoms. The summed E-state index contributed by atoms with van der Waals surface area (Å²) < 4.78 is 1.90. The Morgan fingerprint density at radius 3 is 2.36 bits per heavy atom. The Balaban J connectivity index is 1.81. The number of rotatable bonds is 4. The van der Waals surface area contributed by atoms with E-state index in [9.17, 15) is 0 Å².